The van der Waals surface area contributed by atoms with Crippen molar-refractivity contribution < 1.29 is 19.4 Å². The van der Waals surface area contributed by atoms with Crippen LogP contribution in [0.15, 0.2) is 24.7 Å². The number of hydrogen-bond donors (Lipinski definition) is 1. The van der Waals surface area contributed by atoms with E-state index in [4.69, 9.17) is 9.84 Å². The first-order chi connectivity index (χ1) is 10.1. The Hall–Kier alpha value is -2.48. The molecule has 0 spiro atoms. The van der Waals surface area contributed by atoms with E-state index < -0.39 is 11.9 Å². The molecular formula is C13H14N4O4. The Morgan fingerprint density at radius 1 is 1.43 bits per heavy atom. The van der Waals surface area contributed by atoms with Gasteiger partial charge in [0.2, 0.25) is 5.78 Å². The third-order valence-corrected chi connectivity index (χ3v) is 3.36. The minimum atomic E-state index is -0.966. The number of rotatable bonds is 2. The highest BCUT2D eigenvalue weighted by Gasteiger charge is 2.28. The summed E-state index contributed by atoms with van der Waals surface area (Å²) in [4.78, 5) is 33.2. The van der Waals surface area contributed by atoms with E-state index in [0.29, 0.717) is 18.9 Å². The molecule has 0 radical (unpaired) electrons. The average molecular weight is 290 g/mol. The number of nitrogens with zero attached hydrogens (tertiary/aromatic N) is 4. The predicted molar refractivity (Wildman–Crippen MR) is 70.8 cm³/mol. The molecule has 0 aliphatic carbocycles. The molecule has 1 N–H and O–H groups in total. The maximum atomic E-state index is 12.5. The van der Waals surface area contributed by atoms with Crippen LogP contribution in [-0.4, -0.2) is 62.6 Å². The fourth-order valence-electron chi connectivity index (χ4n) is 2.24. The number of aromatic nitrogens is 3. The second kappa shape index (κ2) is 5.49. The fourth-order valence-corrected chi connectivity index (χ4v) is 2.24. The fraction of sp³-hybridized carbons (Fsp3) is 0.385. The van der Waals surface area contributed by atoms with Crippen LogP contribution in [0.3, 0.4) is 0 Å². The van der Waals surface area contributed by atoms with Crippen molar-refractivity contribution in [1.29, 1.82) is 0 Å². The lowest BCUT2D eigenvalue weighted by molar-refractivity contribution is -0.143. The number of carbonyl (C=O) groups excluding carboxylic acids is 1. The molecule has 3 rings (SSSR count). The highest BCUT2D eigenvalue weighted by atomic mass is 16.5. The van der Waals surface area contributed by atoms with Crippen molar-refractivity contribution >= 4 is 17.7 Å². The van der Waals surface area contributed by atoms with E-state index in [1.54, 1.807) is 29.1 Å². The van der Waals surface area contributed by atoms with Crippen molar-refractivity contribution in [3.63, 3.8) is 0 Å². The van der Waals surface area contributed by atoms with Gasteiger partial charge in [0.05, 0.1) is 19.1 Å². The molecule has 1 atom stereocenters. The average Bonchev–Trinajstić information content (AvgIpc) is 2.75. The summed E-state index contributed by atoms with van der Waals surface area (Å²) in [5.74, 6) is -1.56. The third kappa shape index (κ3) is 2.70. The Morgan fingerprint density at radius 3 is 3.05 bits per heavy atom. The van der Waals surface area contributed by atoms with Crippen LogP contribution in [0.2, 0.25) is 0 Å². The van der Waals surface area contributed by atoms with Gasteiger partial charge in [-0.15, -0.1) is 0 Å². The van der Waals surface area contributed by atoms with Crippen molar-refractivity contribution in [3.05, 3.63) is 30.4 Å². The van der Waals surface area contributed by atoms with Crippen molar-refractivity contribution in [3.8, 4) is 0 Å². The summed E-state index contributed by atoms with van der Waals surface area (Å²) in [6.07, 6.45) is 4.93. The zero-order valence-electron chi connectivity index (χ0n) is 11.2. The van der Waals surface area contributed by atoms with Crippen molar-refractivity contribution in [2.45, 2.75) is 0 Å². The van der Waals surface area contributed by atoms with Gasteiger partial charge in [-0.1, -0.05) is 0 Å². The van der Waals surface area contributed by atoms with Crippen LogP contribution in [-0.2, 0) is 9.53 Å². The van der Waals surface area contributed by atoms with E-state index in [1.165, 1.54) is 4.90 Å². The molecule has 0 aromatic carbocycles. The molecule has 1 saturated heterocycles. The zero-order valence-corrected chi connectivity index (χ0v) is 11.2. The molecule has 8 heteroatoms. The smallest absolute Gasteiger partial charge is 0.310 e. The first kappa shape index (κ1) is 13.5. The standard InChI is InChI=1S/C13H14N4O4/c18-11(10-7-17-3-1-2-14-13(17)15-10)16-4-5-21-8-9(6-16)12(19)20/h1-3,7,9H,4-6,8H2,(H,19,20). The maximum Gasteiger partial charge on any atom is 0.310 e. The van der Waals surface area contributed by atoms with Gasteiger partial charge < -0.3 is 14.7 Å². The van der Waals surface area contributed by atoms with Crippen LogP contribution >= 0.6 is 0 Å². The SMILES string of the molecule is O=C(O)C1COCCN(C(=O)c2cn3cccnc3n2)C1. The maximum absolute atomic E-state index is 12.5. The Morgan fingerprint density at radius 2 is 2.29 bits per heavy atom. The number of imidazole rings is 1. The monoisotopic (exact) mass is 290 g/mol. The molecule has 1 aliphatic rings. The predicted octanol–water partition coefficient (Wildman–Crippen LogP) is -0.0975. The molecule has 1 unspecified atom stereocenters. The molecule has 2 aromatic heterocycles. The van der Waals surface area contributed by atoms with Crippen molar-refractivity contribution in [2.24, 2.45) is 5.92 Å². The lowest BCUT2D eigenvalue weighted by Gasteiger charge is -2.20. The van der Waals surface area contributed by atoms with E-state index in [2.05, 4.69) is 9.97 Å². The van der Waals surface area contributed by atoms with Gasteiger partial charge in [-0.2, -0.15) is 0 Å². The van der Waals surface area contributed by atoms with E-state index in [9.17, 15) is 9.59 Å². The lowest BCUT2D eigenvalue weighted by Crippen LogP contribution is -2.38. The van der Waals surface area contributed by atoms with Gasteiger partial charge in [0.1, 0.15) is 5.69 Å². The molecule has 110 valence electrons. The molecule has 2 aromatic rings. The normalized spacial score (nSPS) is 19.4. The molecule has 0 saturated carbocycles. The quantitative estimate of drug-likeness (QED) is 0.829. The van der Waals surface area contributed by atoms with Crippen molar-refractivity contribution in [2.75, 3.05) is 26.3 Å². The first-order valence-corrected chi connectivity index (χ1v) is 6.54. The van der Waals surface area contributed by atoms with Crippen LogP contribution in [0.25, 0.3) is 5.78 Å². The number of carboxylic acid groups (broad SMARTS) is 1. The highest BCUT2D eigenvalue weighted by Crippen LogP contribution is 2.12. The highest BCUT2D eigenvalue weighted by molar-refractivity contribution is 5.93. The summed E-state index contributed by atoms with van der Waals surface area (Å²) in [5.41, 5.74) is 0.250. The summed E-state index contributed by atoms with van der Waals surface area (Å²) in [5, 5.41) is 9.10. The van der Waals surface area contributed by atoms with Crippen LogP contribution in [0.1, 0.15) is 10.5 Å². The Labute approximate surface area is 120 Å². The zero-order chi connectivity index (χ0) is 14.8. The van der Waals surface area contributed by atoms with E-state index in [-0.39, 0.29) is 24.8 Å². The van der Waals surface area contributed by atoms with Gasteiger partial charge in [0.25, 0.3) is 5.91 Å². The molecule has 21 heavy (non-hydrogen) atoms. The molecule has 3 heterocycles. The second-order valence-corrected chi connectivity index (χ2v) is 4.81. The Balaban J connectivity index is 1.84. The minimum Gasteiger partial charge on any atom is -0.481 e. The van der Waals surface area contributed by atoms with E-state index in [0.717, 1.165) is 0 Å². The van der Waals surface area contributed by atoms with E-state index in [1.807, 2.05) is 0 Å². The van der Waals surface area contributed by atoms with Crippen molar-refractivity contribution in [1.82, 2.24) is 19.3 Å². The second-order valence-electron chi connectivity index (χ2n) is 4.81. The first-order valence-electron chi connectivity index (χ1n) is 6.54. The largest absolute Gasteiger partial charge is 0.481 e. The van der Waals surface area contributed by atoms with E-state index >= 15 is 0 Å². The van der Waals surface area contributed by atoms with Crippen LogP contribution in [0.4, 0.5) is 0 Å². The Bertz CT molecular complexity index is 651. The summed E-state index contributed by atoms with van der Waals surface area (Å²) < 4.78 is 6.88. The number of ether oxygens (including phenoxy) is 1. The summed E-state index contributed by atoms with van der Waals surface area (Å²) >= 11 is 0. The topological polar surface area (TPSA) is 97.0 Å². The van der Waals surface area contributed by atoms with Gasteiger partial charge >= 0.3 is 5.97 Å². The van der Waals surface area contributed by atoms with Crippen LogP contribution in [0, 0.1) is 5.92 Å². The molecule has 1 aliphatic heterocycles. The van der Waals surface area contributed by atoms with Crippen LogP contribution < -0.4 is 0 Å². The molecular weight excluding hydrogens is 276 g/mol. The molecule has 1 fully saturated rings. The minimum absolute atomic E-state index is 0.117. The third-order valence-electron chi connectivity index (χ3n) is 3.36. The number of fused-ring (bicyclic) bond motifs is 1. The number of aliphatic carboxylic acids is 1. The number of hydrogen-bond acceptors (Lipinski definition) is 5. The number of amides is 1. The van der Waals surface area contributed by atoms with Crippen LogP contribution in [0.5, 0.6) is 0 Å². The number of carboxylic acids is 1. The van der Waals surface area contributed by atoms with Gasteiger partial charge in [-0.05, 0) is 6.07 Å². The summed E-state index contributed by atoms with van der Waals surface area (Å²) in [6, 6.07) is 1.74. The lowest BCUT2D eigenvalue weighted by atomic mass is 10.1. The Kier molecular flexibility index (Phi) is 3.53. The van der Waals surface area contributed by atoms with Gasteiger partial charge in [-0.3, -0.25) is 14.0 Å². The summed E-state index contributed by atoms with van der Waals surface area (Å²) in [7, 11) is 0. The van der Waals surface area contributed by atoms with Gasteiger partial charge in [0.15, 0.2) is 0 Å². The number of carbonyl (C=O) groups is 2. The van der Waals surface area contributed by atoms with Gasteiger partial charge in [-0.25, -0.2) is 9.97 Å². The summed E-state index contributed by atoms with van der Waals surface area (Å²) in [6.45, 7) is 0.909. The molecule has 0 bridgehead atoms. The molecule has 8 nitrogen and oxygen atoms in total. The van der Waals surface area contributed by atoms with Gasteiger partial charge in [0, 0.05) is 31.7 Å². The molecule has 1 amide bonds.